The number of para-hydroxylation sites is 1. The molecule has 3 rings (SSSR count). The van der Waals surface area contributed by atoms with Crippen molar-refractivity contribution in [1.29, 1.82) is 0 Å². The van der Waals surface area contributed by atoms with Crippen LogP contribution in [0.3, 0.4) is 0 Å². The molecule has 11 heteroatoms. The average Bonchev–Trinajstić information content (AvgIpc) is 3.17. The molecule has 0 fully saturated rings. The molecule has 3 aromatic rings. The number of hydrogen-bond donors (Lipinski definition) is 1. The summed E-state index contributed by atoms with van der Waals surface area (Å²) in [6, 6.07) is 11.6. The van der Waals surface area contributed by atoms with E-state index in [4.69, 9.17) is 25.8 Å². The minimum atomic E-state index is -4.71. The lowest BCUT2D eigenvalue weighted by atomic mass is 10.2. The average molecular weight is 456 g/mol. The molecule has 0 radical (unpaired) electrons. The van der Waals surface area contributed by atoms with Gasteiger partial charge in [0.2, 0.25) is 5.88 Å². The molecule has 0 aliphatic rings. The Balaban J connectivity index is 1.80. The molecule has 7 nitrogen and oxygen atoms in total. The largest absolute Gasteiger partial charge is 0.497 e. The summed E-state index contributed by atoms with van der Waals surface area (Å²) >= 11 is 6.08. The second kappa shape index (κ2) is 9.17. The number of ether oxygens (including phenoxy) is 3. The van der Waals surface area contributed by atoms with E-state index in [1.165, 1.54) is 26.4 Å². The van der Waals surface area contributed by atoms with Crippen LogP contribution < -0.4 is 19.5 Å². The lowest BCUT2D eigenvalue weighted by molar-refractivity contribution is -0.141. The van der Waals surface area contributed by atoms with Gasteiger partial charge in [0.1, 0.15) is 11.5 Å². The highest BCUT2D eigenvalue weighted by Gasteiger charge is 2.36. The lowest BCUT2D eigenvalue weighted by Gasteiger charge is -2.13. The van der Waals surface area contributed by atoms with Crippen LogP contribution in [0.4, 0.5) is 18.9 Å². The molecule has 1 N–H and O–H groups in total. The number of hydrogen-bond acceptors (Lipinski definition) is 5. The maximum Gasteiger partial charge on any atom is 0.435 e. The Hall–Kier alpha value is -3.40. The first-order chi connectivity index (χ1) is 14.7. The van der Waals surface area contributed by atoms with Crippen LogP contribution in [0.25, 0.3) is 5.69 Å². The van der Waals surface area contributed by atoms with E-state index in [1.54, 1.807) is 30.3 Å². The van der Waals surface area contributed by atoms with Crippen molar-refractivity contribution < 1.29 is 32.2 Å². The van der Waals surface area contributed by atoms with Crippen LogP contribution in [-0.2, 0) is 11.0 Å². The molecule has 0 aliphatic heterocycles. The van der Waals surface area contributed by atoms with Crippen molar-refractivity contribution in [2.24, 2.45) is 0 Å². The highest BCUT2D eigenvalue weighted by molar-refractivity contribution is 6.32. The van der Waals surface area contributed by atoms with Crippen molar-refractivity contribution >= 4 is 23.2 Å². The fourth-order valence-electron chi connectivity index (χ4n) is 2.63. The van der Waals surface area contributed by atoms with Crippen LogP contribution in [0, 0.1) is 0 Å². The number of nitrogens with zero attached hydrogens (tertiary/aromatic N) is 2. The summed E-state index contributed by atoms with van der Waals surface area (Å²) in [6.07, 6.45) is -4.71. The highest BCUT2D eigenvalue weighted by atomic mass is 35.5. The third-order valence-electron chi connectivity index (χ3n) is 4.08. The van der Waals surface area contributed by atoms with Gasteiger partial charge >= 0.3 is 6.18 Å². The van der Waals surface area contributed by atoms with E-state index < -0.39 is 24.4 Å². The topological polar surface area (TPSA) is 74.6 Å². The summed E-state index contributed by atoms with van der Waals surface area (Å²) in [5.74, 6) is -0.0520. The molecular formula is C20H17ClF3N3O4. The van der Waals surface area contributed by atoms with Gasteiger partial charge in [0.05, 0.1) is 30.6 Å². The zero-order chi connectivity index (χ0) is 22.6. The van der Waals surface area contributed by atoms with Gasteiger partial charge in [0.25, 0.3) is 5.91 Å². The molecule has 31 heavy (non-hydrogen) atoms. The Kier molecular flexibility index (Phi) is 6.59. The fraction of sp³-hybridized carbons (Fsp3) is 0.200. The molecule has 1 aromatic heterocycles. The van der Waals surface area contributed by atoms with E-state index in [1.807, 2.05) is 0 Å². The summed E-state index contributed by atoms with van der Waals surface area (Å²) < 4.78 is 56.0. The molecule has 0 saturated carbocycles. The lowest BCUT2D eigenvalue weighted by Crippen LogP contribution is -2.21. The summed E-state index contributed by atoms with van der Waals surface area (Å²) in [7, 11) is 2.90. The Bertz CT molecular complexity index is 1090. The van der Waals surface area contributed by atoms with Crippen molar-refractivity contribution in [2.45, 2.75) is 6.18 Å². The first-order valence-corrected chi connectivity index (χ1v) is 9.17. The summed E-state index contributed by atoms with van der Waals surface area (Å²) in [5.41, 5.74) is -0.668. The molecule has 1 amide bonds. The fourth-order valence-corrected chi connectivity index (χ4v) is 2.84. The van der Waals surface area contributed by atoms with Crippen LogP contribution >= 0.6 is 11.6 Å². The Morgan fingerprint density at radius 1 is 1.13 bits per heavy atom. The van der Waals surface area contributed by atoms with Gasteiger partial charge in [-0.1, -0.05) is 23.7 Å². The molecule has 0 spiro atoms. The van der Waals surface area contributed by atoms with Crippen LogP contribution in [0.5, 0.6) is 17.4 Å². The van der Waals surface area contributed by atoms with Crippen LogP contribution in [0.1, 0.15) is 5.69 Å². The first-order valence-electron chi connectivity index (χ1n) is 8.79. The monoisotopic (exact) mass is 455 g/mol. The van der Waals surface area contributed by atoms with E-state index in [-0.39, 0.29) is 16.6 Å². The highest BCUT2D eigenvalue weighted by Crippen LogP contribution is 2.34. The van der Waals surface area contributed by atoms with Crippen LogP contribution in [0.15, 0.2) is 48.5 Å². The number of carbonyl (C=O) groups is 1. The number of halogens is 4. The molecule has 0 atom stereocenters. The molecule has 0 aliphatic carbocycles. The van der Waals surface area contributed by atoms with E-state index in [0.717, 1.165) is 4.68 Å². The number of anilines is 1. The maximum absolute atomic E-state index is 13.2. The summed E-state index contributed by atoms with van der Waals surface area (Å²) in [4.78, 5) is 12.3. The molecule has 0 saturated heterocycles. The summed E-state index contributed by atoms with van der Waals surface area (Å²) in [6.45, 7) is -0.581. The van der Waals surface area contributed by atoms with Crippen molar-refractivity contribution in [3.63, 3.8) is 0 Å². The Morgan fingerprint density at radius 3 is 2.52 bits per heavy atom. The molecule has 1 heterocycles. The number of rotatable bonds is 7. The third kappa shape index (κ3) is 5.21. The normalized spacial score (nSPS) is 11.2. The van der Waals surface area contributed by atoms with Gasteiger partial charge in [-0.2, -0.15) is 23.0 Å². The quantitative estimate of drug-likeness (QED) is 0.564. The van der Waals surface area contributed by atoms with E-state index in [0.29, 0.717) is 23.3 Å². The Labute approximate surface area is 180 Å². The number of carbonyl (C=O) groups excluding carboxylic acids is 1. The minimum absolute atomic E-state index is 0.164. The maximum atomic E-state index is 13.2. The number of amides is 1. The van der Waals surface area contributed by atoms with Crippen molar-refractivity contribution in [2.75, 3.05) is 26.1 Å². The van der Waals surface area contributed by atoms with E-state index in [9.17, 15) is 18.0 Å². The van der Waals surface area contributed by atoms with Gasteiger partial charge in [-0.3, -0.25) is 4.79 Å². The van der Waals surface area contributed by atoms with Gasteiger partial charge in [-0.25, -0.2) is 0 Å². The smallest absolute Gasteiger partial charge is 0.435 e. The third-order valence-corrected chi connectivity index (χ3v) is 4.40. The minimum Gasteiger partial charge on any atom is -0.497 e. The van der Waals surface area contributed by atoms with Gasteiger partial charge in [-0.15, -0.1) is 0 Å². The van der Waals surface area contributed by atoms with E-state index >= 15 is 0 Å². The number of methoxy groups -OCH3 is 2. The molecule has 0 unspecified atom stereocenters. The van der Waals surface area contributed by atoms with Gasteiger partial charge in [0, 0.05) is 12.1 Å². The second-order valence-corrected chi connectivity index (χ2v) is 6.54. The van der Waals surface area contributed by atoms with Gasteiger partial charge in [0.15, 0.2) is 12.3 Å². The SMILES string of the molecule is COc1ccc(NC(=O)COc2cc(C(F)(F)F)nn2-c2ccccc2Cl)c(OC)c1. The van der Waals surface area contributed by atoms with Gasteiger partial charge < -0.3 is 19.5 Å². The van der Waals surface area contributed by atoms with Crippen molar-refractivity contribution in [1.82, 2.24) is 9.78 Å². The molecule has 2 aromatic carbocycles. The number of benzene rings is 2. The Morgan fingerprint density at radius 2 is 1.87 bits per heavy atom. The zero-order valence-electron chi connectivity index (χ0n) is 16.4. The zero-order valence-corrected chi connectivity index (χ0v) is 17.1. The van der Waals surface area contributed by atoms with Crippen molar-refractivity contribution in [3.8, 4) is 23.1 Å². The first kappa shape index (κ1) is 22.3. The standard InChI is InChI=1S/C20H17ClF3N3O4/c1-29-12-7-8-14(16(9-12)30-2)25-18(28)11-31-19-10-17(20(22,23)24)26-27(19)15-6-4-3-5-13(15)21/h3-10H,11H2,1-2H3,(H,25,28). The molecular weight excluding hydrogens is 439 g/mol. The number of aromatic nitrogens is 2. The second-order valence-electron chi connectivity index (χ2n) is 6.13. The number of nitrogens with one attached hydrogen (secondary N) is 1. The number of alkyl halides is 3. The summed E-state index contributed by atoms with van der Waals surface area (Å²) in [5, 5.41) is 6.27. The van der Waals surface area contributed by atoms with Crippen LogP contribution in [0.2, 0.25) is 5.02 Å². The molecule has 164 valence electrons. The molecule has 0 bridgehead atoms. The van der Waals surface area contributed by atoms with Crippen molar-refractivity contribution in [3.05, 3.63) is 59.2 Å². The van der Waals surface area contributed by atoms with Gasteiger partial charge in [-0.05, 0) is 24.3 Å². The predicted molar refractivity (Wildman–Crippen MR) is 107 cm³/mol. The van der Waals surface area contributed by atoms with Crippen LogP contribution in [-0.4, -0.2) is 36.5 Å². The predicted octanol–water partition coefficient (Wildman–Crippen LogP) is 4.58. The van der Waals surface area contributed by atoms with E-state index in [2.05, 4.69) is 10.4 Å².